The van der Waals surface area contributed by atoms with Crippen LogP contribution < -0.4 is 15.3 Å². The fraction of sp³-hybridized carbons (Fsp3) is 0.375. The van der Waals surface area contributed by atoms with E-state index in [1.54, 1.807) is 28.6 Å². The van der Waals surface area contributed by atoms with Gasteiger partial charge in [-0.25, -0.2) is 14.2 Å². The third-order valence-corrected chi connectivity index (χ3v) is 7.25. The Morgan fingerprint density at radius 3 is 2.61 bits per heavy atom. The molecular weight excluding hydrogens is 425 g/mol. The SMILES string of the molecule is Cn1c(=O)n2c3c4c(c(-c5ccc(N6CCCC6)nc5)c(F)cc4ncc31)OCC21COC1. The van der Waals surface area contributed by atoms with E-state index in [1.165, 1.54) is 6.07 Å². The Labute approximate surface area is 188 Å². The van der Waals surface area contributed by atoms with Crippen LogP contribution in [0.3, 0.4) is 0 Å². The molecule has 9 heteroatoms. The summed E-state index contributed by atoms with van der Waals surface area (Å²) in [7, 11) is 1.73. The Kier molecular flexibility index (Phi) is 3.77. The van der Waals surface area contributed by atoms with Crippen LogP contribution in [0, 0.1) is 5.82 Å². The van der Waals surface area contributed by atoms with Crippen LogP contribution in [0.2, 0.25) is 0 Å². The molecule has 0 N–H and O–H groups in total. The minimum Gasteiger partial charge on any atom is -0.489 e. The van der Waals surface area contributed by atoms with Gasteiger partial charge in [0.2, 0.25) is 0 Å². The topological polar surface area (TPSA) is 74.4 Å². The van der Waals surface area contributed by atoms with Gasteiger partial charge in [-0.05, 0) is 25.0 Å². The number of halogens is 1. The first-order valence-corrected chi connectivity index (χ1v) is 11.2. The quantitative estimate of drug-likeness (QED) is 0.471. The maximum atomic E-state index is 15.5. The van der Waals surface area contributed by atoms with Gasteiger partial charge in [-0.15, -0.1) is 0 Å². The Hall–Kier alpha value is -3.46. The van der Waals surface area contributed by atoms with E-state index in [0.717, 1.165) is 31.7 Å². The zero-order chi connectivity index (χ0) is 22.3. The molecule has 4 aromatic rings. The number of imidazole rings is 1. The van der Waals surface area contributed by atoms with Crippen molar-refractivity contribution in [2.24, 2.45) is 7.05 Å². The molecule has 2 saturated heterocycles. The molecule has 3 aliphatic heterocycles. The number of benzene rings is 1. The zero-order valence-corrected chi connectivity index (χ0v) is 18.2. The minimum atomic E-state index is -0.616. The maximum Gasteiger partial charge on any atom is 0.329 e. The lowest BCUT2D eigenvalue weighted by Crippen LogP contribution is -2.58. The molecule has 168 valence electrons. The van der Waals surface area contributed by atoms with Gasteiger partial charge >= 0.3 is 5.69 Å². The molecule has 0 unspecified atom stereocenters. The van der Waals surface area contributed by atoms with Crippen LogP contribution in [0.4, 0.5) is 10.2 Å². The number of rotatable bonds is 2. The lowest BCUT2D eigenvalue weighted by molar-refractivity contribution is -0.118. The number of nitrogens with zero attached hydrogens (tertiary/aromatic N) is 5. The number of hydrogen-bond donors (Lipinski definition) is 0. The van der Waals surface area contributed by atoms with Crippen LogP contribution in [-0.4, -0.2) is 52.0 Å². The molecule has 3 aliphatic rings. The highest BCUT2D eigenvalue weighted by Gasteiger charge is 2.46. The summed E-state index contributed by atoms with van der Waals surface area (Å²) in [5.74, 6) is 0.878. The van der Waals surface area contributed by atoms with Gasteiger partial charge in [0, 0.05) is 38.0 Å². The number of fused-ring (bicyclic) bond motifs is 1. The van der Waals surface area contributed by atoms with Crippen molar-refractivity contribution in [2.45, 2.75) is 18.4 Å². The Morgan fingerprint density at radius 2 is 1.91 bits per heavy atom. The molecule has 1 spiro atoms. The van der Waals surface area contributed by atoms with E-state index in [2.05, 4.69) is 14.9 Å². The predicted octanol–water partition coefficient (Wildman–Crippen LogP) is 2.81. The molecule has 33 heavy (non-hydrogen) atoms. The Balaban J connectivity index is 1.50. The lowest BCUT2D eigenvalue weighted by Gasteiger charge is -2.40. The van der Waals surface area contributed by atoms with E-state index >= 15 is 4.39 Å². The first-order chi connectivity index (χ1) is 16.1. The average molecular weight is 447 g/mol. The van der Waals surface area contributed by atoms with Crippen molar-refractivity contribution in [3.8, 4) is 16.9 Å². The summed E-state index contributed by atoms with van der Waals surface area (Å²) >= 11 is 0. The van der Waals surface area contributed by atoms with Crippen LogP contribution in [0.5, 0.6) is 5.75 Å². The summed E-state index contributed by atoms with van der Waals surface area (Å²) in [6.45, 7) is 2.93. The number of hydrogen-bond acceptors (Lipinski definition) is 6. The van der Waals surface area contributed by atoms with Crippen molar-refractivity contribution >= 4 is 27.8 Å². The molecular formula is C24H22FN5O3. The smallest absolute Gasteiger partial charge is 0.329 e. The highest BCUT2D eigenvalue weighted by atomic mass is 19.1. The van der Waals surface area contributed by atoms with Gasteiger partial charge in [-0.1, -0.05) is 0 Å². The number of aromatic nitrogens is 4. The van der Waals surface area contributed by atoms with Crippen molar-refractivity contribution in [2.75, 3.05) is 37.8 Å². The van der Waals surface area contributed by atoms with Crippen molar-refractivity contribution in [3.63, 3.8) is 0 Å². The van der Waals surface area contributed by atoms with Crippen LogP contribution in [-0.2, 0) is 17.3 Å². The monoisotopic (exact) mass is 447 g/mol. The fourth-order valence-electron chi connectivity index (χ4n) is 5.43. The van der Waals surface area contributed by atoms with Gasteiger partial charge in [0.05, 0.1) is 46.9 Å². The number of aryl methyl sites for hydroxylation is 1. The van der Waals surface area contributed by atoms with E-state index in [-0.39, 0.29) is 12.3 Å². The molecule has 0 atom stereocenters. The van der Waals surface area contributed by atoms with Crippen molar-refractivity contribution < 1.29 is 13.9 Å². The van der Waals surface area contributed by atoms with E-state index in [0.29, 0.717) is 52.0 Å². The summed E-state index contributed by atoms with van der Waals surface area (Å²) in [6, 6.07) is 5.25. The third-order valence-electron chi connectivity index (χ3n) is 7.25. The summed E-state index contributed by atoms with van der Waals surface area (Å²) in [5, 5.41) is 0.647. The number of ether oxygens (including phenoxy) is 2. The normalized spacial score (nSPS) is 18.8. The molecule has 3 aromatic heterocycles. The molecule has 0 radical (unpaired) electrons. The molecule has 0 bridgehead atoms. The average Bonchev–Trinajstić information content (AvgIpc) is 3.37. The summed E-state index contributed by atoms with van der Waals surface area (Å²) < 4.78 is 30.7. The standard InChI is InChI=1S/C24H22FN5O3/c1-28-17-10-26-16-8-15(25)19(14-4-5-18(27-9-14)29-6-2-3-7-29)22-20(16)21(17)30(23(28)31)24(13-33-22)11-32-12-24/h4-5,8-10H,2-3,6-7,11-13H2,1H3. The van der Waals surface area contributed by atoms with Gasteiger partial charge in [0.1, 0.15) is 29.5 Å². The van der Waals surface area contributed by atoms with Crippen LogP contribution in [0.1, 0.15) is 12.8 Å². The van der Waals surface area contributed by atoms with E-state index in [4.69, 9.17) is 9.47 Å². The largest absolute Gasteiger partial charge is 0.489 e. The van der Waals surface area contributed by atoms with E-state index < -0.39 is 11.4 Å². The molecule has 0 saturated carbocycles. The summed E-state index contributed by atoms with van der Waals surface area (Å²) in [4.78, 5) is 24.6. The maximum absolute atomic E-state index is 15.5. The van der Waals surface area contributed by atoms with Crippen LogP contribution in [0.15, 0.2) is 35.4 Å². The first kappa shape index (κ1) is 19.0. The summed E-state index contributed by atoms with van der Waals surface area (Å²) in [6.07, 6.45) is 5.65. The van der Waals surface area contributed by atoms with E-state index in [1.807, 2.05) is 12.1 Å². The second-order valence-electron chi connectivity index (χ2n) is 9.23. The van der Waals surface area contributed by atoms with Crippen molar-refractivity contribution in [1.82, 2.24) is 19.1 Å². The first-order valence-electron chi connectivity index (χ1n) is 11.2. The number of pyridine rings is 2. The van der Waals surface area contributed by atoms with Gasteiger partial charge in [0.15, 0.2) is 0 Å². The van der Waals surface area contributed by atoms with Gasteiger partial charge in [-0.2, -0.15) is 0 Å². The van der Waals surface area contributed by atoms with Gasteiger partial charge in [0.25, 0.3) is 0 Å². The lowest BCUT2D eigenvalue weighted by atomic mass is 9.98. The van der Waals surface area contributed by atoms with Crippen LogP contribution in [0.25, 0.3) is 33.1 Å². The van der Waals surface area contributed by atoms with Crippen molar-refractivity contribution in [1.29, 1.82) is 0 Å². The molecule has 0 aliphatic carbocycles. The highest BCUT2D eigenvalue weighted by molar-refractivity contribution is 6.09. The molecule has 2 fully saturated rings. The highest BCUT2D eigenvalue weighted by Crippen LogP contribution is 2.45. The minimum absolute atomic E-state index is 0.151. The van der Waals surface area contributed by atoms with Crippen molar-refractivity contribution in [3.05, 3.63) is 46.9 Å². The molecule has 0 amide bonds. The third kappa shape index (κ3) is 2.45. The molecule has 1 aromatic carbocycles. The molecule has 7 rings (SSSR count). The Morgan fingerprint density at radius 1 is 1.09 bits per heavy atom. The molecule has 6 heterocycles. The molecule has 8 nitrogen and oxygen atoms in total. The van der Waals surface area contributed by atoms with Gasteiger partial charge in [-0.3, -0.25) is 14.1 Å². The zero-order valence-electron chi connectivity index (χ0n) is 18.2. The second kappa shape index (κ2) is 6.54. The van der Waals surface area contributed by atoms with E-state index in [9.17, 15) is 4.79 Å². The van der Waals surface area contributed by atoms with Gasteiger partial charge < -0.3 is 14.4 Å². The second-order valence-corrected chi connectivity index (χ2v) is 9.23. The Bertz CT molecular complexity index is 1500. The summed E-state index contributed by atoms with van der Waals surface area (Å²) in [5.41, 5.74) is 2.07. The number of anilines is 1. The predicted molar refractivity (Wildman–Crippen MR) is 121 cm³/mol. The fourth-order valence-corrected chi connectivity index (χ4v) is 5.43. The van der Waals surface area contributed by atoms with Crippen LogP contribution >= 0.6 is 0 Å².